The molecule has 1 N–H and O–H groups in total. The molecule has 21 heavy (non-hydrogen) atoms. The topological polar surface area (TPSA) is 55.1 Å². The zero-order chi connectivity index (χ0) is 14.7. The standard InChI is InChI=1S/C15H17N5S/c1-3-16-10-12-14(19-13-6-4-5-7-20(12)13)21-15-17-8-11(2)9-18-15/h4-9,16H,3,10H2,1-2H3. The molecule has 3 aromatic rings. The van der Waals surface area contributed by atoms with E-state index in [4.69, 9.17) is 0 Å². The molecule has 0 saturated heterocycles. The second kappa shape index (κ2) is 6.24. The molecule has 0 aliphatic rings. The van der Waals surface area contributed by atoms with Crippen LogP contribution in [0.1, 0.15) is 18.2 Å². The Morgan fingerprint density at radius 2 is 2.05 bits per heavy atom. The molecule has 0 aromatic carbocycles. The molecule has 0 aliphatic carbocycles. The minimum Gasteiger partial charge on any atom is -0.311 e. The van der Waals surface area contributed by atoms with Crippen molar-refractivity contribution in [2.45, 2.75) is 30.6 Å². The van der Waals surface area contributed by atoms with Crippen LogP contribution in [0.5, 0.6) is 0 Å². The largest absolute Gasteiger partial charge is 0.311 e. The number of pyridine rings is 1. The van der Waals surface area contributed by atoms with Gasteiger partial charge in [0.2, 0.25) is 0 Å². The molecule has 0 atom stereocenters. The van der Waals surface area contributed by atoms with Gasteiger partial charge in [-0.1, -0.05) is 13.0 Å². The van der Waals surface area contributed by atoms with Crippen molar-refractivity contribution < 1.29 is 0 Å². The van der Waals surface area contributed by atoms with Gasteiger partial charge in [-0.3, -0.25) is 0 Å². The Hall–Kier alpha value is -1.92. The summed E-state index contributed by atoms with van der Waals surface area (Å²) in [6, 6.07) is 6.02. The third kappa shape index (κ3) is 3.06. The van der Waals surface area contributed by atoms with E-state index in [1.165, 1.54) is 11.8 Å². The Kier molecular flexibility index (Phi) is 4.17. The van der Waals surface area contributed by atoms with Gasteiger partial charge in [0.1, 0.15) is 10.7 Å². The first-order valence-corrected chi connectivity index (χ1v) is 7.72. The molecule has 0 unspecified atom stereocenters. The van der Waals surface area contributed by atoms with Crippen LogP contribution in [0.3, 0.4) is 0 Å². The van der Waals surface area contributed by atoms with E-state index in [9.17, 15) is 0 Å². The Labute approximate surface area is 127 Å². The first kappa shape index (κ1) is 14.0. The molecular formula is C15H17N5S. The van der Waals surface area contributed by atoms with Crippen molar-refractivity contribution in [3.05, 3.63) is 48.0 Å². The van der Waals surface area contributed by atoms with Gasteiger partial charge >= 0.3 is 0 Å². The van der Waals surface area contributed by atoms with Gasteiger partial charge in [0.05, 0.1) is 5.69 Å². The minimum atomic E-state index is 0.724. The fourth-order valence-electron chi connectivity index (χ4n) is 2.03. The zero-order valence-electron chi connectivity index (χ0n) is 12.1. The Bertz CT molecular complexity index is 735. The highest BCUT2D eigenvalue weighted by atomic mass is 32.2. The van der Waals surface area contributed by atoms with Crippen LogP contribution in [0, 0.1) is 6.92 Å². The summed E-state index contributed by atoms with van der Waals surface area (Å²) in [5.41, 5.74) is 3.14. The molecule has 108 valence electrons. The molecule has 3 aromatic heterocycles. The number of nitrogens with zero attached hydrogens (tertiary/aromatic N) is 4. The van der Waals surface area contributed by atoms with Crippen molar-refractivity contribution in [1.29, 1.82) is 0 Å². The van der Waals surface area contributed by atoms with Gasteiger partial charge in [0.15, 0.2) is 5.16 Å². The lowest BCUT2D eigenvalue weighted by molar-refractivity contribution is 0.693. The SMILES string of the molecule is CCNCc1c(Sc2ncc(C)cn2)nc2ccccn12. The number of rotatable bonds is 5. The van der Waals surface area contributed by atoms with E-state index >= 15 is 0 Å². The maximum atomic E-state index is 4.69. The average Bonchev–Trinajstić information content (AvgIpc) is 2.85. The third-order valence-corrected chi connectivity index (χ3v) is 3.99. The second-order valence-electron chi connectivity index (χ2n) is 4.72. The summed E-state index contributed by atoms with van der Waals surface area (Å²) in [6.45, 7) is 5.77. The normalized spacial score (nSPS) is 11.1. The number of hydrogen-bond acceptors (Lipinski definition) is 5. The quantitative estimate of drug-likeness (QED) is 0.734. The Morgan fingerprint density at radius 1 is 1.24 bits per heavy atom. The predicted octanol–water partition coefficient (Wildman–Crippen LogP) is 2.69. The first-order chi connectivity index (χ1) is 10.3. The van der Waals surface area contributed by atoms with Crippen molar-refractivity contribution in [2.24, 2.45) is 0 Å². The molecule has 5 nitrogen and oxygen atoms in total. The first-order valence-electron chi connectivity index (χ1n) is 6.91. The van der Waals surface area contributed by atoms with Crippen molar-refractivity contribution in [3.8, 4) is 0 Å². The maximum Gasteiger partial charge on any atom is 0.193 e. The van der Waals surface area contributed by atoms with E-state index < -0.39 is 0 Å². The lowest BCUT2D eigenvalue weighted by Crippen LogP contribution is -2.14. The number of fused-ring (bicyclic) bond motifs is 1. The summed E-state index contributed by atoms with van der Waals surface area (Å²) >= 11 is 1.50. The van der Waals surface area contributed by atoms with Gasteiger partial charge in [-0.05, 0) is 42.9 Å². The summed E-state index contributed by atoms with van der Waals surface area (Å²) in [5, 5.41) is 5.04. The van der Waals surface area contributed by atoms with E-state index in [2.05, 4.69) is 31.6 Å². The van der Waals surface area contributed by atoms with Crippen LogP contribution in [-0.4, -0.2) is 25.9 Å². The van der Waals surface area contributed by atoms with Crippen molar-refractivity contribution >= 4 is 17.4 Å². The second-order valence-corrected chi connectivity index (χ2v) is 5.67. The highest BCUT2D eigenvalue weighted by Gasteiger charge is 2.13. The molecule has 3 rings (SSSR count). The van der Waals surface area contributed by atoms with Gasteiger partial charge in [-0.25, -0.2) is 15.0 Å². The summed E-state index contributed by atoms with van der Waals surface area (Å²) in [7, 11) is 0. The summed E-state index contributed by atoms with van der Waals surface area (Å²) < 4.78 is 2.11. The van der Waals surface area contributed by atoms with E-state index in [1.54, 1.807) is 0 Å². The summed E-state index contributed by atoms with van der Waals surface area (Å²) in [4.78, 5) is 13.4. The number of imidazole rings is 1. The number of hydrogen-bond donors (Lipinski definition) is 1. The van der Waals surface area contributed by atoms with Crippen molar-refractivity contribution in [2.75, 3.05) is 6.54 Å². The van der Waals surface area contributed by atoms with Crippen LogP contribution in [0.2, 0.25) is 0 Å². The highest BCUT2D eigenvalue weighted by molar-refractivity contribution is 7.99. The monoisotopic (exact) mass is 299 g/mol. The molecule has 0 bridgehead atoms. The molecule has 0 amide bonds. The van der Waals surface area contributed by atoms with Crippen molar-refractivity contribution in [1.82, 2.24) is 24.7 Å². The minimum absolute atomic E-state index is 0.724. The van der Waals surface area contributed by atoms with Crippen LogP contribution >= 0.6 is 11.8 Å². The number of aryl methyl sites for hydroxylation is 1. The smallest absolute Gasteiger partial charge is 0.193 e. The summed E-state index contributed by atoms with van der Waals surface area (Å²) in [6.07, 6.45) is 5.69. The van der Waals surface area contributed by atoms with Crippen LogP contribution in [0.25, 0.3) is 5.65 Å². The van der Waals surface area contributed by atoms with E-state index in [0.717, 1.165) is 40.2 Å². The Balaban J connectivity index is 1.97. The lowest BCUT2D eigenvalue weighted by atomic mass is 10.4. The van der Waals surface area contributed by atoms with Gasteiger partial charge in [0.25, 0.3) is 0 Å². The molecule has 0 aliphatic heterocycles. The molecule has 6 heteroatoms. The maximum absolute atomic E-state index is 4.69. The molecular weight excluding hydrogens is 282 g/mol. The van der Waals surface area contributed by atoms with Crippen LogP contribution in [0.15, 0.2) is 47.0 Å². The van der Waals surface area contributed by atoms with Gasteiger partial charge in [0, 0.05) is 25.1 Å². The number of aromatic nitrogens is 4. The molecule has 0 saturated carbocycles. The molecule has 0 fully saturated rings. The van der Waals surface area contributed by atoms with E-state index in [0.29, 0.717) is 0 Å². The lowest BCUT2D eigenvalue weighted by Gasteiger charge is -2.05. The molecule has 3 heterocycles. The van der Waals surface area contributed by atoms with Crippen LogP contribution in [0.4, 0.5) is 0 Å². The van der Waals surface area contributed by atoms with E-state index in [1.807, 2.05) is 43.7 Å². The van der Waals surface area contributed by atoms with Crippen LogP contribution < -0.4 is 5.32 Å². The molecule has 0 spiro atoms. The van der Waals surface area contributed by atoms with Crippen LogP contribution in [-0.2, 0) is 6.54 Å². The molecule has 0 radical (unpaired) electrons. The van der Waals surface area contributed by atoms with Gasteiger partial charge in [-0.2, -0.15) is 0 Å². The van der Waals surface area contributed by atoms with Crippen molar-refractivity contribution in [3.63, 3.8) is 0 Å². The van der Waals surface area contributed by atoms with Gasteiger partial charge < -0.3 is 9.72 Å². The third-order valence-electron chi connectivity index (χ3n) is 3.08. The zero-order valence-corrected chi connectivity index (χ0v) is 12.9. The highest BCUT2D eigenvalue weighted by Crippen LogP contribution is 2.28. The predicted molar refractivity (Wildman–Crippen MR) is 83.5 cm³/mol. The van der Waals surface area contributed by atoms with Gasteiger partial charge in [-0.15, -0.1) is 0 Å². The summed E-state index contributed by atoms with van der Waals surface area (Å²) in [5.74, 6) is 0. The fourth-order valence-corrected chi connectivity index (χ4v) is 2.84. The number of nitrogens with one attached hydrogen (secondary N) is 1. The average molecular weight is 299 g/mol. The fraction of sp³-hybridized carbons (Fsp3) is 0.267. The Morgan fingerprint density at radius 3 is 2.81 bits per heavy atom. The van der Waals surface area contributed by atoms with E-state index in [-0.39, 0.29) is 0 Å².